The van der Waals surface area contributed by atoms with Gasteiger partial charge in [0.1, 0.15) is 23.0 Å². The second-order valence-corrected chi connectivity index (χ2v) is 7.31. The van der Waals surface area contributed by atoms with Crippen LogP contribution in [0.15, 0.2) is 67.5 Å². The van der Waals surface area contributed by atoms with E-state index in [1.165, 1.54) is 12.1 Å². The van der Waals surface area contributed by atoms with E-state index in [1.54, 1.807) is 37.2 Å². The molecule has 5 heterocycles. The van der Waals surface area contributed by atoms with Gasteiger partial charge in [0, 0.05) is 41.0 Å². The van der Waals surface area contributed by atoms with E-state index in [0.29, 0.717) is 28.2 Å². The molecular formula is C23H14FN7O. The molecule has 0 aliphatic heterocycles. The van der Waals surface area contributed by atoms with Gasteiger partial charge in [-0.15, -0.1) is 0 Å². The first-order chi connectivity index (χ1) is 15.7. The van der Waals surface area contributed by atoms with Crippen LogP contribution in [-0.2, 0) is 0 Å². The van der Waals surface area contributed by atoms with Gasteiger partial charge in [-0.1, -0.05) is 0 Å². The Morgan fingerprint density at radius 3 is 2.56 bits per heavy atom. The minimum atomic E-state index is -0.518. The average molecular weight is 423 g/mol. The second kappa shape index (κ2) is 6.95. The number of phenolic OH excluding ortho intramolecular Hbond substituents is 1. The van der Waals surface area contributed by atoms with Crippen molar-refractivity contribution >= 4 is 21.8 Å². The molecule has 6 aromatic rings. The first-order valence-electron chi connectivity index (χ1n) is 9.73. The summed E-state index contributed by atoms with van der Waals surface area (Å²) in [4.78, 5) is 20.5. The molecule has 1 aromatic carbocycles. The molecule has 0 aliphatic carbocycles. The number of fused-ring (bicyclic) bond motifs is 2. The van der Waals surface area contributed by atoms with Crippen LogP contribution in [0.3, 0.4) is 0 Å². The molecule has 0 saturated carbocycles. The quantitative estimate of drug-likeness (QED) is 0.387. The molecule has 3 N–H and O–H groups in total. The van der Waals surface area contributed by atoms with Gasteiger partial charge in [-0.05, 0) is 29.8 Å². The predicted molar refractivity (Wildman–Crippen MR) is 117 cm³/mol. The number of phenols is 1. The highest BCUT2D eigenvalue weighted by Crippen LogP contribution is 2.35. The largest absolute Gasteiger partial charge is 0.508 e. The summed E-state index contributed by atoms with van der Waals surface area (Å²) in [5.74, 6) is -0.662. The lowest BCUT2D eigenvalue weighted by Crippen LogP contribution is -1.88. The van der Waals surface area contributed by atoms with Crippen LogP contribution in [0.5, 0.6) is 5.75 Å². The Balaban J connectivity index is 1.52. The van der Waals surface area contributed by atoms with Crippen molar-refractivity contribution in [2.75, 3.05) is 0 Å². The Labute approximate surface area is 179 Å². The summed E-state index contributed by atoms with van der Waals surface area (Å²) < 4.78 is 13.9. The second-order valence-electron chi connectivity index (χ2n) is 7.31. The molecule has 32 heavy (non-hydrogen) atoms. The molecule has 5 aromatic heterocycles. The van der Waals surface area contributed by atoms with Crippen molar-refractivity contribution in [2.45, 2.75) is 0 Å². The van der Waals surface area contributed by atoms with Gasteiger partial charge in [0.05, 0.1) is 41.0 Å². The van der Waals surface area contributed by atoms with E-state index >= 15 is 0 Å². The average Bonchev–Trinajstić information content (AvgIpc) is 3.42. The van der Waals surface area contributed by atoms with Gasteiger partial charge < -0.3 is 10.1 Å². The number of aromatic hydroxyl groups is 1. The van der Waals surface area contributed by atoms with Gasteiger partial charge in [-0.3, -0.25) is 25.0 Å². The number of hydrogen-bond acceptors (Lipinski definition) is 6. The van der Waals surface area contributed by atoms with Crippen molar-refractivity contribution in [2.24, 2.45) is 0 Å². The third-order valence-corrected chi connectivity index (χ3v) is 5.27. The van der Waals surface area contributed by atoms with Crippen molar-refractivity contribution < 1.29 is 9.50 Å². The van der Waals surface area contributed by atoms with Gasteiger partial charge in [0.2, 0.25) is 0 Å². The van der Waals surface area contributed by atoms with E-state index in [2.05, 4.69) is 35.1 Å². The molecule has 0 spiro atoms. The fraction of sp³-hybridized carbons (Fsp3) is 0. The van der Waals surface area contributed by atoms with Gasteiger partial charge >= 0.3 is 0 Å². The normalized spacial score (nSPS) is 11.4. The highest BCUT2D eigenvalue weighted by atomic mass is 19.1. The molecule has 0 unspecified atom stereocenters. The van der Waals surface area contributed by atoms with Crippen LogP contribution in [0.1, 0.15) is 0 Å². The Morgan fingerprint density at radius 2 is 1.72 bits per heavy atom. The number of H-pyrrole nitrogens is 2. The summed E-state index contributed by atoms with van der Waals surface area (Å²) in [6.07, 6.45) is 9.94. The van der Waals surface area contributed by atoms with Crippen molar-refractivity contribution in [1.82, 2.24) is 35.1 Å². The molecule has 0 fully saturated rings. The van der Waals surface area contributed by atoms with E-state index in [0.717, 1.165) is 33.6 Å². The molecular weight excluding hydrogens is 409 g/mol. The minimum absolute atomic E-state index is 0.143. The van der Waals surface area contributed by atoms with E-state index in [1.807, 2.05) is 12.1 Å². The van der Waals surface area contributed by atoms with Crippen LogP contribution in [0, 0.1) is 5.82 Å². The predicted octanol–water partition coefficient (Wildman–Crippen LogP) is 4.47. The number of halogens is 1. The van der Waals surface area contributed by atoms with Crippen molar-refractivity contribution in [3.8, 4) is 39.7 Å². The zero-order valence-corrected chi connectivity index (χ0v) is 16.4. The Morgan fingerprint density at radius 1 is 0.781 bits per heavy atom. The highest BCUT2D eigenvalue weighted by molar-refractivity contribution is 6.01. The number of nitrogens with one attached hydrogen (secondary N) is 2. The summed E-state index contributed by atoms with van der Waals surface area (Å²) in [7, 11) is 0. The molecule has 0 radical (unpaired) electrons. The molecule has 0 saturated heterocycles. The zero-order valence-electron chi connectivity index (χ0n) is 16.4. The molecule has 154 valence electrons. The SMILES string of the molecule is Oc1cc(F)cc(-c2cncc3[nH]c(-c4n[nH]c5cnc(-c6cnccn6)cc45)cc23)c1. The van der Waals surface area contributed by atoms with Crippen LogP contribution in [-0.4, -0.2) is 40.2 Å². The number of rotatable bonds is 3. The van der Waals surface area contributed by atoms with Gasteiger partial charge in [-0.25, -0.2) is 4.39 Å². The number of aromatic amines is 2. The van der Waals surface area contributed by atoms with Gasteiger partial charge in [0.15, 0.2) is 0 Å². The Hall–Kier alpha value is -4.66. The standard InChI is InChI=1S/C23H14FN7O/c24-13-3-12(4-14(32)5-13)17-8-26-9-20-15(17)6-19(29-20)23-16-7-18(22-10-25-1-2-27-22)28-11-21(16)30-31-23/h1-11,29,32H,(H,30,31). The number of pyridine rings is 2. The lowest BCUT2D eigenvalue weighted by Gasteiger charge is -2.04. The molecule has 0 atom stereocenters. The molecule has 0 amide bonds. The van der Waals surface area contributed by atoms with Crippen molar-refractivity contribution in [1.29, 1.82) is 0 Å². The number of hydrogen-bond donors (Lipinski definition) is 3. The highest BCUT2D eigenvalue weighted by Gasteiger charge is 2.16. The first kappa shape index (κ1) is 18.1. The molecule has 0 aliphatic rings. The van der Waals surface area contributed by atoms with E-state index in [-0.39, 0.29) is 5.75 Å². The van der Waals surface area contributed by atoms with Gasteiger partial charge in [0.25, 0.3) is 0 Å². The monoisotopic (exact) mass is 423 g/mol. The fourth-order valence-corrected chi connectivity index (χ4v) is 3.83. The number of benzene rings is 1. The first-order valence-corrected chi connectivity index (χ1v) is 9.73. The Bertz CT molecular complexity index is 1590. The van der Waals surface area contributed by atoms with Crippen LogP contribution in [0.25, 0.3) is 55.7 Å². The third-order valence-electron chi connectivity index (χ3n) is 5.27. The Kier molecular flexibility index (Phi) is 3.94. The topological polar surface area (TPSA) is 116 Å². The summed E-state index contributed by atoms with van der Waals surface area (Å²) in [5, 5.41) is 19.0. The van der Waals surface area contributed by atoms with Crippen LogP contribution in [0.4, 0.5) is 4.39 Å². The molecule has 8 nitrogen and oxygen atoms in total. The van der Waals surface area contributed by atoms with Crippen LogP contribution < -0.4 is 0 Å². The van der Waals surface area contributed by atoms with Crippen molar-refractivity contribution in [3.05, 3.63) is 73.3 Å². The maximum absolute atomic E-state index is 13.9. The smallest absolute Gasteiger partial charge is 0.127 e. The molecule has 9 heteroatoms. The summed E-state index contributed by atoms with van der Waals surface area (Å²) in [6, 6.07) is 7.79. The number of nitrogens with zero attached hydrogens (tertiary/aromatic N) is 5. The summed E-state index contributed by atoms with van der Waals surface area (Å²) in [6.45, 7) is 0. The third kappa shape index (κ3) is 2.95. The lowest BCUT2D eigenvalue weighted by atomic mass is 10.0. The summed E-state index contributed by atoms with van der Waals surface area (Å²) >= 11 is 0. The maximum atomic E-state index is 13.9. The summed E-state index contributed by atoms with van der Waals surface area (Å²) in [5.41, 5.74) is 5.58. The lowest BCUT2D eigenvalue weighted by molar-refractivity contribution is 0.469. The zero-order chi connectivity index (χ0) is 21.7. The van der Waals surface area contributed by atoms with E-state index in [9.17, 15) is 9.50 Å². The fourth-order valence-electron chi connectivity index (χ4n) is 3.83. The minimum Gasteiger partial charge on any atom is -0.508 e. The van der Waals surface area contributed by atoms with E-state index < -0.39 is 5.82 Å². The molecule has 0 bridgehead atoms. The maximum Gasteiger partial charge on any atom is 0.127 e. The number of aromatic nitrogens is 7. The van der Waals surface area contributed by atoms with Crippen LogP contribution >= 0.6 is 0 Å². The van der Waals surface area contributed by atoms with Gasteiger partial charge in [-0.2, -0.15) is 5.10 Å². The van der Waals surface area contributed by atoms with Crippen LogP contribution in [0.2, 0.25) is 0 Å². The van der Waals surface area contributed by atoms with Crippen molar-refractivity contribution in [3.63, 3.8) is 0 Å². The molecule has 6 rings (SSSR count). The van der Waals surface area contributed by atoms with E-state index in [4.69, 9.17) is 0 Å².